The quantitative estimate of drug-likeness (QED) is 0.435. The van der Waals surface area contributed by atoms with Gasteiger partial charge in [-0.15, -0.1) is 0 Å². The van der Waals surface area contributed by atoms with E-state index >= 15 is 0 Å². The topological polar surface area (TPSA) is 103 Å². The summed E-state index contributed by atoms with van der Waals surface area (Å²) >= 11 is 0. The summed E-state index contributed by atoms with van der Waals surface area (Å²) in [5, 5.41) is 14.6. The molecule has 0 aromatic heterocycles. The molecule has 1 amide bonds. The lowest BCUT2D eigenvalue weighted by Gasteiger charge is -2.12. The maximum Gasteiger partial charge on any atom is 0.271 e. The molecule has 0 aliphatic heterocycles. The van der Waals surface area contributed by atoms with E-state index in [1.807, 2.05) is 0 Å². The van der Waals surface area contributed by atoms with Crippen molar-refractivity contribution in [3.05, 3.63) is 63.7 Å². The number of nitrogens with one attached hydrogen (secondary N) is 1. The van der Waals surface area contributed by atoms with Crippen LogP contribution in [0.25, 0.3) is 0 Å². The molecule has 0 fully saturated rings. The monoisotopic (exact) mass is 371 g/mol. The predicted molar refractivity (Wildman–Crippen MR) is 101 cm³/mol. The maximum absolute atomic E-state index is 12.0. The van der Waals surface area contributed by atoms with Gasteiger partial charge in [-0.25, -0.2) is 5.43 Å². The van der Waals surface area contributed by atoms with Crippen LogP contribution in [0.15, 0.2) is 47.6 Å². The molecule has 27 heavy (non-hydrogen) atoms. The number of carbonyl (C=O) groups is 1. The molecule has 1 N–H and O–H groups in total. The van der Waals surface area contributed by atoms with E-state index in [2.05, 4.69) is 24.4 Å². The summed E-state index contributed by atoms with van der Waals surface area (Å²) in [5.74, 6) is 1.03. The zero-order valence-electron chi connectivity index (χ0n) is 15.3. The van der Waals surface area contributed by atoms with E-state index in [0.717, 1.165) is 0 Å². The number of ether oxygens (including phenoxy) is 2. The zero-order valence-corrected chi connectivity index (χ0v) is 15.3. The first kappa shape index (κ1) is 19.9. The lowest BCUT2D eigenvalue weighted by atomic mass is 10.2. The second-order valence-electron chi connectivity index (χ2n) is 6.12. The van der Waals surface area contributed by atoms with E-state index in [9.17, 15) is 14.9 Å². The number of rotatable bonds is 8. The van der Waals surface area contributed by atoms with Crippen molar-refractivity contribution in [3.8, 4) is 11.5 Å². The smallest absolute Gasteiger partial charge is 0.271 e. The highest BCUT2D eigenvalue weighted by molar-refractivity contribution is 5.95. The number of nitrogens with zero attached hydrogens (tertiary/aromatic N) is 2. The fourth-order valence-corrected chi connectivity index (χ4v) is 2.13. The van der Waals surface area contributed by atoms with Gasteiger partial charge in [0.15, 0.2) is 11.5 Å². The molecule has 0 aliphatic rings. The molecular weight excluding hydrogens is 350 g/mol. The number of hydrogen-bond acceptors (Lipinski definition) is 6. The van der Waals surface area contributed by atoms with Gasteiger partial charge in [-0.1, -0.05) is 19.9 Å². The van der Waals surface area contributed by atoms with Crippen LogP contribution in [-0.4, -0.2) is 30.8 Å². The Hall–Kier alpha value is -3.42. The second-order valence-corrected chi connectivity index (χ2v) is 6.12. The summed E-state index contributed by atoms with van der Waals surface area (Å²) in [5.41, 5.74) is 3.03. The van der Waals surface area contributed by atoms with Crippen molar-refractivity contribution in [1.29, 1.82) is 0 Å². The van der Waals surface area contributed by atoms with Crippen molar-refractivity contribution in [2.45, 2.75) is 13.8 Å². The third-order valence-electron chi connectivity index (χ3n) is 3.46. The zero-order chi connectivity index (χ0) is 19.8. The second kappa shape index (κ2) is 9.33. The Morgan fingerprint density at radius 3 is 2.70 bits per heavy atom. The molecule has 0 bridgehead atoms. The molecule has 0 spiro atoms. The van der Waals surface area contributed by atoms with Crippen LogP contribution in [0.5, 0.6) is 11.5 Å². The van der Waals surface area contributed by atoms with E-state index in [-0.39, 0.29) is 11.3 Å². The lowest BCUT2D eigenvalue weighted by molar-refractivity contribution is -0.384. The third-order valence-corrected chi connectivity index (χ3v) is 3.46. The van der Waals surface area contributed by atoms with Crippen LogP contribution < -0.4 is 14.9 Å². The predicted octanol–water partition coefficient (Wildman–Crippen LogP) is 3.40. The van der Waals surface area contributed by atoms with Gasteiger partial charge in [-0.05, 0) is 35.7 Å². The van der Waals surface area contributed by atoms with E-state index in [0.29, 0.717) is 29.6 Å². The number of nitro groups is 1. The highest BCUT2D eigenvalue weighted by Crippen LogP contribution is 2.28. The van der Waals surface area contributed by atoms with Crippen LogP contribution in [0.3, 0.4) is 0 Å². The van der Waals surface area contributed by atoms with Gasteiger partial charge in [0.25, 0.3) is 11.6 Å². The van der Waals surface area contributed by atoms with Crippen molar-refractivity contribution in [2.24, 2.45) is 11.0 Å². The average molecular weight is 371 g/mol. The molecule has 0 saturated heterocycles. The van der Waals surface area contributed by atoms with Crippen LogP contribution in [0.4, 0.5) is 5.69 Å². The van der Waals surface area contributed by atoms with Gasteiger partial charge in [-0.2, -0.15) is 5.10 Å². The van der Waals surface area contributed by atoms with Crippen LogP contribution >= 0.6 is 0 Å². The number of benzene rings is 2. The van der Waals surface area contributed by atoms with E-state index in [4.69, 9.17) is 9.47 Å². The molecule has 0 atom stereocenters. The summed E-state index contributed by atoms with van der Waals surface area (Å²) in [7, 11) is 1.54. The molecule has 0 unspecified atom stereocenters. The number of hydrazone groups is 1. The van der Waals surface area contributed by atoms with Crippen LogP contribution in [0.1, 0.15) is 29.8 Å². The first-order valence-electron chi connectivity index (χ1n) is 8.29. The number of hydrogen-bond donors (Lipinski definition) is 1. The Kier molecular flexibility index (Phi) is 6.87. The molecule has 0 radical (unpaired) electrons. The summed E-state index contributed by atoms with van der Waals surface area (Å²) in [6, 6.07) is 10.7. The first-order chi connectivity index (χ1) is 12.9. The van der Waals surface area contributed by atoms with Crippen molar-refractivity contribution < 1.29 is 19.2 Å². The summed E-state index contributed by atoms with van der Waals surface area (Å²) in [6.07, 6.45) is 1.45. The number of nitro benzene ring substituents is 1. The van der Waals surface area contributed by atoms with Gasteiger partial charge >= 0.3 is 0 Å². The Morgan fingerprint density at radius 1 is 1.26 bits per heavy atom. The standard InChI is InChI=1S/C19H21N3O5/c1-13(2)12-27-17-8-7-14(9-18(17)26-3)11-20-21-19(23)15-5-4-6-16(10-15)22(24)25/h4-11,13H,12H2,1-3H3,(H,21,23)/b20-11-. The maximum atomic E-state index is 12.0. The minimum absolute atomic E-state index is 0.149. The summed E-state index contributed by atoms with van der Waals surface area (Å²) in [4.78, 5) is 22.3. The van der Waals surface area contributed by atoms with Crippen molar-refractivity contribution in [3.63, 3.8) is 0 Å². The first-order valence-corrected chi connectivity index (χ1v) is 8.29. The Morgan fingerprint density at radius 2 is 2.04 bits per heavy atom. The number of methoxy groups -OCH3 is 1. The van der Waals surface area contributed by atoms with Crippen LogP contribution in [0.2, 0.25) is 0 Å². The largest absolute Gasteiger partial charge is 0.493 e. The minimum Gasteiger partial charge on any atom is -0.493 e. The highest BCUT2D eigenvalue weighted by atomic mass is 16.6. The van der Waals surface area contributed by atoms with Gasteiger partial charge in [0.1, 0.15) is 0 Å². The van der Waals surface area contributed by atoms with Crippen molar-refractivity contribution >= 4 is 17.8 Å². The van der Waals surface area contributed by atoms with Crippen molar-refractivity contribution in [2.75, 3.05) is 13.7 Å². The minimum atomic E-state index is -0.560. The van der Waals surface area contributed by atoms with Gasteiger partial charge in [0, 0.05) is 17.7 Å². The molecular formula is C19H21N3O5. The van der Waals surface area contributed by atoms with Gasteiger partial charge < -0.3 is 9.47 Å². The fourth-order valence-electron chi connectivity index (χ4n) is 2.13. The van der Waals surface area contributed by atoms with E-state index in [1.54, 1.807) is 25.3 Å². The molecule has 142 valence electrons. The molecule has 2 aromatic rings. The summed E-state index contributed by atoms with van der Waals surface area (Å²) in [6.45, 7) is 4.68. The molecule has 2 rings (SSSR count). The SMILES string of the molecule is COc1cc(/C=N\NC(=O)c2cccc([N+](=O)[O-])c2)ccc1OCC(C)C. The highest BCUT2D eigenvalue weighted by Gasteiger charge is 2.11. The molecule has 0 aliphatic carbocycles. The number of carbonyl (C=O) groups excluding carboxylic acids is 1. The van der Waals surface area contributed by atoms with Crippen LogP contribution in [-0.2, 0) is 0 Å². The van der Waals surface area contributed by atoms with Gasteiger partial charge in [0.05, 0.1) is 24.9 Å². The van der Waals surface area contributed by atoms with Crippen LogP contribution in [0, 0.1) is 16.0 Å². The molecule has 8 heteroatoms. The van der Waals surface area contributed by atoms with E-state index < -0.39 is 10.8 Å². The number of amides is 1. The third kappa shape index (κ3) is 5.81. The fraction of sp³-hybridized carbons (Fsp3) is 0.263. The molecule has 8 nitrogen and oxygen atoms in total. The molecule has 0 heterocycles. The van der Waals surface area contributed by atoms with Gasteiger partial charge in [0.2, 0.25) is 0 Å². The Labute approximate surface area is 157 Å². The summed E-state index contributed by atoms with van der Waals surface area (Å²) < 4.78 is 11.0. The Bertz CT molecular complexity index is 849. The Balaban J connectivity index is 2.04. The normalized spacial score (nSPS) is 10.8. The molecule has 0 saturated carbocycles. The molecule has 2 aromatic carbocycles. The van der Waals surface area contributed by atoms with E-state index in [1.165, 1.54) is 30.5 Å². The van der Waals surface area contributed by atoms with Gasteiger partial charge in [-0.3, -0.25) is 14.9 Å². The lowest BCUT2D eigenvalue weighted by Crippen LogP contribution is -2.17. The number of non-ortho nitro benzene ring substituents is 1. The average Bonchev–Trinajstić information content (AvgIpc) is 2.66. The van der Waals surface area contributed by atoms with Crippen molar-refractivity contribution in [1.82, 2.24) is 5.43 Å².